The molecule has 3 aromatic heterocycles. The highest BCUT2D eigenvalue weighted by Crippen LogP contribution is 2.38. The van der Waals surface area contributed by atoms with E-state index in [1.807, 2.05) is 25.3 Å². The van der Waals surface area contributed by atoms with E-state index in [1.54, 1.807) is 28.2 Å². The lowest BCUT2D eigenvalue weighted by atomic mass is 9.73. The monoisotopic (exact) mass is 519 g/mol. The zero-order valence-electron chi connectivity index (χ0n) is 22.2. The van der Waals surface area contributed by atoms with Crippen molar-refractivity contribution in [1.82, 2.24) is 29.8 Å². The Morgan fingerprint density at radius 1 is 1.29 bits per heavy atom. The molecular weight excluding hydrogens is 486 g/mol. The van der Waals surface area contributed by atoms with Gasteiger partial charge >= 0.3 is 0 Å². The van der Waals surface area contributed by atoms with E-state index in [2.05, 4.69) is 52.7 Å². The number of carbonyl (C=O) groups excluding carboxylic acids is 1. The van der Waals surface area contributed by atoms with Gasteiger partial charge in [0.1, 0.15) is 6.54 Å². The molecule has 4 heterocycles. The first-order chi connectivity index (χ1) is 18.2. The fraction of sp³-hybridized carbons (Fsp3) is 0.423. The normalized spacial score (nSPS) is 16.5. The van der Waals surface area contributed by atoms with Gasteiger partial charge < -0.3 is 19.9 Å². The minimum atomic E-state index is -0.567. The minimum Gasteiger partial charge on any atom is -0.378 e. The molecule has 12 nitrogen and oxygen atoms in total. The molecule has 1 aliphatic rings. The largest absolute Gasteiger partial charge is 0.378 e. The zero-order valence-corrected chi connectivity index (χ0v) is 22.2. The second-order valence-electron chi connectivity index (χ2n) is 9.59. The van der Waals surface area contributed by atoms with Crippen LogP contribution in [-0.4, -0.2) is 74.7 Å². The molecule has 1 aliphatic heterocycles. The number of nitrogens with two attached hydrogens (primary N) is 1. The number of hydrogen-bond donors (Lipinski definition) is 1. The number of allylic oxidation sites excluding steroid dienone is 1. The number of rotatable bonds is 8. The first-order valence-corrected chi connectivity index (χ1v) is 12.4. The van der Waals surface area contributed by atoms with Crippen LogP contribution in [0.5, 0.6) is 0 Å². The Morgan fingerprint density at radius 2 is 2.05 bits per heavy atom. The lowest BCUT2D eigenvalue weighted by Gasteiger charge is -2.30. The third kappa shape index (κ3) is 5.70. The first kappa shape index (κ1) is 26.9. The second kappa shape index (κ2) is 11.5. The van der Waals surface area contributed by atoms with Crippen molar-refractivity contribution in [1.29, 1.82) is 0 Å². The van der Waals surface area contributed by atoms with Crippen LogP contribution in [0.15, 0.2) is 51.4 Å². The molecule has 1 atom stereocenters. The fourth-order valence-electron chi connectivity index (χ4n) is 4.09. The van der Waals surface area contributed by atoms with E-state index in [0.29, 0.717) is 43.6 Å². The molecule has 1 amide bonds. The number of guanidine groups is 1. The van der Waals surface area contributed by atoms with Crippen LogP contribution in [0.1, 0.15) is 44.8 Å². The highest BCUT2D eigenvalue weighted by molar-refractivity contribution is 5.83. The lowest BCUT2D eigenvalue weighted by Crippen LogP contribution is -2.42. The van der Waals surface area contributed by atoms with E-state index < -0.39 is 5.41 Å². The number of aliphatic imine (C=N–C) groups is 2. The molecule has 2 N–H and O–H groups in total. The quantitative estimate of drug-likeness (QED) is 0.352. The maximum absolute atomic E-state index is 12.6. The summed E-state index contributed by atoms with van der Waals surface area (Å²) in [5, 5.41) is 8.64. The standard InChI is InChI=1S/C26H33N9O3/c1-17(2)26(4,20-6-7-21(29-14-20)18(3)12-30-25(27)28-5)24-32-23(38-33-24)19-13-31-35(15-19)16-22(36)34-8-10-37-11-9-34/h6-7,12-15,17H,5,8-11,16H2,1-4H3,(H2,27,30)/b18-12+. The number of ether oxygens (including phenoxy) is 1. The summed E-state index contributed by atoms with van der Waals surface area (Å²) < 4.78 is 12.5. The predicted molar refractivity (Wildman–Crippen MR) is 143 cm³/mol. The Hall–Kier alpha value is -4.19. The summed E-state index contributed by atoms with van der Waals surface area (Å²) in [6.07, 6.45) is 6.79. The summed E-state index contributed by atoms with van der Waals surface area (Å²) in [5.74, 6) is 1.10. The highest BCUT2D eigenvalue weighted by Gasteiger charge is 2.38. The van der Waals surface area contributed by atoms with Gasteiger partial charge in [-0.3, -0.25) is 14.5 Å². The first-order valence-electron chi connectivity index (χ1n) is 12.4. The Labute approximate surface area is 221 Å². The summed E-state index contributed by atoms with van der Waals surface area (Å²) in [7, 11) is 0. The molecule has 0 spiro atoms. The van der Waals surface area contributed by atoms with Gasteiger partial charge in [0.15, 0.2) is 5.82 Å². The topological polar surface area (TPSA) is 150 Å². The van der Waals surface area contributed by atoms with Gasteiger partial charge in [-0.15, -0.1) is 0 Å². The van der Waals surface area contributed by atoms with Gasteiger partial charge in [-0.05, 0) is 43.7 Å². The molecule has 1 unspecified atom stereocenters. The number of carbonyl (C=O) groups is 1. The van der Waals surface area contributed by atoms with E-state index in [0.717, 1.165) is 16.8 Å². The van der Waals surface area contributed by atoms with Gasteiger partial charge in [0.2, 0.25) is 11.9 Å². The minimum absolute atomic E-state index is 0.00442. The van der Waals surface area contributed by atoms with E-state index in [-0.39, 0.29) is 24.3 Å². The molecule has 4 rings (SSSR count). The Morgan fingerprint density at radius 3 is 2.71 bits per heavy atom. The summed E-state index contributed by atoms with van der Waals surface area (Å²) in [5.41, 5.74) is 8.20. The van der Waals surface area contributed by atoms with E-state index in [1.165, 1.54) is 0 Å². The number of amides is 1. The van der Waals surface area contributed by atoms with Crippen LogP contribution in [0, 0.1) is 5.92 Å². The molecule has 12 heteroatoms. The molecule has 38 heavy (non-hydrogen) atoms. The molecule has 0 radical (unpaired) electrons. The molecule has 0 saturated carbocycles. The van der Waals surface area contributed by atoms with Crippen LogP contribution in [-0.2, 0) is 21.5 Å². The molecule has 0 bridgehead atoms. The third-order valence-corrected chi connectivity index (χ3v) is 6.91. The molecule has 3 aromatic rings. The Balaban J connectivity index is 1.53. The summed E-state index contributed by atoms with van der Waals surface area (Å²) in [4.78, 5) is 31.3. The predicted octanol–water partition coefficient (Wildman–Crippen LogP) is 2.53. The van der Waals surface area contributed by atoms with Gasteiger partial charge in [-0.2, -0.15) is 10.1 Å². The van der Waals surface area contributed by atoms with Crippen LogP contribution in [0.2, 0.25) is 0 Å². The molecule has 200 valence electrons. The smallest absolute Gasteiger partial charge is 0.261 e. The number of hydrogen-bond acceptors (Lipinski definition) is 8. The van der Waals surface area contributed by atoms with Crippen molar-refractivity contribution >= 4 is 24.2 Å². The SMILES string of the molecule is C=NC(N)=N/C=C(\C)c1ccc(C(C)(c2noc(-c3cnn(CC(=O)N4CCOCC4)c3)n2)C(C)C)cn1. The number of aromatic nitrogens is 5. The highest BCUT2D eigenvalue weighted by atomic mass is 16.5. The van der Waals surface area contributed by atoms with E-state index in [9.17, 15) is 4.79 Å². The third-order valence-electron chi connectivity index (χ3n) is 6.91. The summed E-state index contributed by atoms with van der Waals surface area (Å²) in [6, 6.07) is 3.93. The molecular formula is C26H33N9O3. The van der Waals surface area contributed by atoms with E-state index >= 15 is 0 Å². The maximum atomic E-state index is 12.6. The Kier molecular flexibility index (Phi) is 8.10. The summed E-state index contributed by atoms with van der Waals surface area (Å²) in [6.45, 7) is 13.9. The van der Waals surface area contributed by atoms with Gasteiger partial charge in [-0.25, -0.2) is 9.98 Å². The van der Waals surface area contributed by atoms with Crippen molar-refractivity contribution in [2.24, 2.45) is 21.6 Å². The van der Waals surface area contributed by atoms with Gasteiger partial charge in [0.25, 0.3) is 5.89 Å². The van der Waals surface area contributed by atoms with Crippen molar-refractivity contribution in [2.75, 3.05) is 26.3 Å². The zero-order chi connectivity index (χ0) is 27.3. The number of nitrogens with zero attached hydrogens (tertiary/aromatic N) is 8. The molecule has 0 aromatic carbocycles. The van der Waals surface area contributed by atoms with Crippen LogP contribution in [0.4, 0.5) is 0 Å². The molecule has 1 saturated heterocycles. The summed E-state index contributed by atoms with van der Waals surface area (Å²) >= 11 is 0. The molecule has 0 aliphatic carbocycles. The van der Waals surface area contributed by atoms with Crippen molar-refractivity contribution in [3.63, 3.8) is 0 Å². The van der Waals surface area contributed by atoms with Gasteiger partial charge in [-0.1, -0.05) is 25.1 Å². The van der Waals surface area contributed by atoms with Crippen LogP contribution in [0.3, 0.4) is 0 Å². The number of pyridine rings is 1. The van der Waals surface area contributed by atoms with Crippen molar-refractivity contribution in [3.05, 3.63) is 54.0 Å². The maximum Gasteiger partial charge on any atom is 0.261 e. The van der Waals surface area contributed by atoms with Crippen molar-refractivity contribution in [3.8, 4) is 11.5 Å². The average molecular weight is 520 g/mol. The fourth-order valence-corrected chi connectivity index (χ4v) is 4.09. The average Bonchev–Trinajstić information content (AvgIpc) is 3.62. The second-order valence-corrected chi connectivity index (χ2v) is 9.59. The van der Waals surface area contributed by atoms with Crippen molar-refractivity contribution < 1.29 is 14.1 Å². The van der Waals surface area contributed by atoms with Gasteiger partial charge in [0.05, 0.1) is 36.1 Å². The molecule has 1 fully saturated rings. The Bertz CT molecular complexity index is 1330. The van der Waals surface area contributed by atoms with Crippen LogP contribution >= 0.6 is 0 Å². The number of morpholine rings is 1. The lowest BCUT2D eigenvalue weighted by molar-refractivity contribution is -0.136. The van der Waals surface area contributed by atoms with Gasteiger partial charge in [0, 0.05) is 31.7 Å². The van der Waals surface area contributed by atoms with E-state index in [4.69, 9.17) is 20.0 Å². The van der Waals surface area contributed by atoms with Crippen molar-refractivity contribution in [2.45, 2.75) is 39.7 Å². The van der Waals surface area contributed by atoms with Crippen LogP contribution in [0.25, 0.3) is 17.0 Å². The van der Waals surface area contributed by atoms with Crippen LogP contribution < -0.4 is 5.73 Å².